The Balaban J connectivity index is 0. The highest BCUT2D eigenvalue weighted by atomic mass is 19.4. The second kappa shape index (κ2) is 12.9. The van der Waals surface area contributed by atoms with Crippen molar-refractivity contribution in [2.45, 2.75) is 19.0 Å². The van der Waals surface area contributed by atoms with Gasteiger partial charge in [0.15, 0.2) is 0 Å². The zero-order valence-electron chi connectivity index (χ0n) is 13.9. The number of rotatable bonds is 8. The van der Waals surface area contributed by atoms with Crippen molar-refractivity contribution < 1.29 is 37.3 Å². The Kier molecular flexibility index (Phi) is 13.3. The first-order chi connectivity index (χ1) is 10.5. The van der Waals surface area contributed by atoms with Crippen LogP contribution in [0, 0.1) is 0 Å². The summed E-state index contributed by atoms with van der Waals surface area (Å²) in [5, 5.41) is 7.12. The van der Waals surface area contributed by atoms with E-state index in [1.54, 1.807) is 0 Å². The third-order valence-corrected chi connectivity index (χ3v) is 2.18. The van der Waals surface area contributed by atoms with Gasteiger partial charge in [-0.1, -0.05) is 0 Å². The van der Waals surface area contributed by atoms with Crippen LogP contribution in [0.1, 0.15) is 12.8 Å². The Labute approximate surface area is 133 Å². The van der Waals surface area contributed by atoms with Crippen LogP contribution in [0.15, 0.2) is 0 Å². The minimum atomic E-state index is -5.08. The summed E-state index contributed by atoms with van der Waals surface area (Å²) in [7, 11) is 7.94. The van der Waals surface area contributed by atoms with Gasteiger partial charge in [-0.15, -0.1) is 0 Å². The Bertz CT molecular complexity index is 318. The maximum absolute atomic E-state index is 11.1. The molecule has 1 N–H and O–H groups in total. The average molecular weight is 346 g/mol. The lowest BCUT2D eigenvalue weighted by Crippen LogP contribution is -2.21. The van der Waals surface area contributed by atoms with E-state index in [1.165, 1.54) is 0 Å². The maximum atomic E-state index is 11.1. The zero-order chi connectivity index (χ0) is 18.5. The van der Waals surface area contributed by atoms with Crippen LogP contribution in [0.4, 0.5) is 18.0 Å². The van der Waals surface area contributed by atoms with Gasteiger partial charge in [0.1, 0.15) is 0 Å². The fraction of sp³-hybridized carbons (Fsp3) is 0.846. The number of hydrogen-bond donors (Lipinski definition) is 1. The number of halogens is 3. The van der Waals surface area contributed by atoms with E-state index in [9.17, 15) is 18.0 Å². The molecule has 0 aromatic heterocycles. The molecule has 0 aliphatic carbocycles. The summed E-state index contributed by atoms with van der Waals surface area (Å²) < 4.78 is 41.5. The monoisotopic (exact) mass is 346 g/mol. The first-order valence-electron chi connectivity index (χ1n) is 6.86. The second-order valence-corrected chi connectivity index (χ2v) is 5.06. The van der Waals surface area contributed by atoms with Crippen molar-refractivity contribution in [3.63, 3.8) is 0 Å². The molecule has 138 valence electrons. The molecule has 0 rings (SSSR count). The Hall–Kier alpha value is -1.55. The van der Waals surface area contributed by atoms with Crippen LogP contribution >= 0.6 is 0 Å². The van der Waals surface area contributed by atoms with Gasteiger partial charge in [0.25, 0.3) is 0 Å². The molecule has 0 unspecified atom stereocenters. The van der Waals surface area contributed by atoms with Crippen LogP contribution in [0.25, 0.3) is 0 Å². The van der Waals surface area contributed by atoms with Crippen LogP contribution in [0.5, 0.6) is 0 Å². The molecule has 0 amide bonds. The molecule has 23 heavy (non-hydrogen) atoms. The Morgan fingerprint density at radius 1 is 0.913 bits per heavy atom. The molecule has 0 atom stereocenters. The third-order valence-electron chi connectivity index (χ3n) is 2.18. The summed E-state index contributed by atoms with van der Waals surface area (Å²) in [4.78, 5) is 24.1. The number of carboxylic acid groups (broad SMARTS) is 1. The highest BCUT2D eigenvalue weighted by molar-refractivity contribution is 5.73. The first kappa shape index (κ1) is 23.7. The molecular formula is C13H25F3N2O5. The summed E-state index contributed by atoms with van der Waals surface area (Å²) in [5.41, 5.74) is 0. The van der Waals surface area contributed by atoms with E-state index >= 15 is 0 Å². The Morgan fingerprint density at radius 2 is 1.22 bits per heavy atom. The summed E-state index contributed by atoms with van der Waals surface area (Å²) in [6.07, 6.45) is -3.97. The van der Waals surface area contributed by atoms with Gasteiger partial charge in [0, 0.05) is 13.1 Å². The largest absolute Gasteiger partial charge is 0.508 e. The number of carboxylic acids is 1. The molecule has 0 aromatic carbocycles. The fourth-order valence-corrected chi connectivity index (χ4v) is 1.11. The van der Waals surface area contributed by atoms with Gasteiger partial charge in [-0.05, 0) is 41.0 Å². The molecule has 0 saturated carbocycles. The van der Waals surface area contributed by atoms with Gasteiger partial charge < -0.3 is 24.4 Å². The van der Waals surface area contributed by atoms with E-state index in [0.717, 1.165) is 25.9 Å². The molecule has 0 radical (unpaired) electrons. The predicted molar refractivity (Wildman–Crippen MR) is 77.3 cm³/mol. The summed E-state index contributed by atoms with van der Waals surface area (Å²) >= 11 is 0. The van der Waals surface area contributed by atoms with E-state index in [1.807, 2.05) is 38.0 Å². The number of aliphatic carboxylic acids is 1. The molecular weight excluding hydrogens is 321 g/mol. The van der Waals surface area contributed by atoms with Crippen LogP contribution in [-0.2, 0) is 14.3 Å². The van der Waals surface area contributed by atoms with Crippen LogP contribution in [0.3, 0.4) is 0 Å². The number of carbonyl (C=O) groups is 2. The van der Waals surface area contributed by atoms with Gasteiger partial charge in [0.2, 0.25) is 0 Å². The molecule has 0 spiro atoms. The highest BCUT2D eigenvalue weighted by Crippen LogP contribution is 2.13. The lowest BCUT2D eigenvalue weighted by Gasteiger charge is -2.11. The fourth-order valence-electron chi connectivity index (χ4n) is 1.11. The molecule has 0 aliphatic rings. The van der Waals surface area contributed by atoms with Crippen molar-refractivity contribution in [2.75, 3.05) is 54.5 Å². The van der Waals surface area contributed by atoms with Crippen LogP contribution in [0.2, 0.25) is 0 Å². The van der Waals surface area contributed by atoms with Crippen LogP contribution < -0.4 is 0 Å². The highest BCUT2D eigenvalue weighted by Gasteiger charge is 2.38. The topological polar surface area (TPSA) is 79.3 Å². The number of alkyl halides is 3. The summed E-state index contributed by atoms with van der Waals surface area (Å²) in [6, 6.07) is 0. The number of ether oxygens (including phenoxy) is 2. The molecule has 0 bridgehead atoms. The minimum absolute atomic E-state index is 0.421. The smallest absolute Gasteiger partial charge is 0.475 e. The molecule has 0 heterocycles. The van der Waals surface area contributed by atoms with E-state index in [0.29, 0.717) is 13.2 Å². The predicted octanol–water partition coefficient (Wildman–Crippen LogP) is 1.68. The van der Waals surface area contributed by atoms with Crippen LogP contribution in [-0.4, -0.2) is 87.7 Å². The second-order valence-electron chi connectivity index (χ2n) is 5.06. The van der Waals surface area contributed by atoms with Crippen molar-refractivity contribution in [1.82, 2.24) is 9.80 Å². The molecule has 0 fully saturated rings. The first-order valence-corrected chi connectivity index (χ1v) is 6.86. The standard InChI is InChI=1S/C11H24N2O3.C2HF3O2/c1-12(2)7-5-9-15-11(14)16-10-6-8-13(3)4;3-2(4,5)1(6)7/h5-10H2,1-4H3;(H,6,7). The van der Waals surface area contributed by atoms with Crippen molar-refractivity contribution in [3.05, 3.63) is 0 Å². The number of nitrogens with zero attached hydrogens (tertiary/aromatic N) is 2. The SMILES string of the molecule is CN(C)CCCOC(=O)OCCCN(C)C.O=C(O)C(F)(F)F. The van der Waals surface area contributed by atoms with Gasteiger partial charge in [0.05, 0.1) is 13.2 Å². The lowest BCUT2D eigenvalue weighted by molar-refractivity contribution is -0.192. The van der Waals surface area contributed by atoms with E-state index in [-0.39, 0.29) is 0 Å². The normalized spacial score (nSPS) is 11.0. The van der Waals surface area contributed by atoms with E-state index < -0.39 is 18.3 Å². The maximum Gasteiger partial charge on any atom is 0.508 e. The quantitative estimate of drug-likeness (QED) is 0.529. The summed E-state index contributed by atoms with van der Waals surface area (Å²) in [6.45, 7) is 2.66. The van der Waals surface area contributed by atoms with Crippen molar-refractivity contribution in [1.29, 1.82) is 0 Å². The molecule has 0 saturated heterocycles. The van der Waals surface area contributed by atoms with E-state index in [2.05, 4.69) is 0 Å². The Morgan fingerprint density at radius 3 is 1.43 bits per heavy atom. The van der Waals surface area contributed by atoms with Crippen molar-refractivity contribution in [3.8, 4) is 0 Å². The van der Waals surface area contributed by atoms with Crippen molar-refractivity contribution >= 4 is 12.1 Å². The third kappa shape index (κ3) is 20.4. The van der Waals surface area contributed by atoms with Gasteiger partial charge in [-0.2, -0.15) is 13.2 Å². The van der Waals surface area contributed by atoms with Gasteiger partial charge >= 0.3 is 18.3 Å². The minimum Gasteiger partial charge on any atom is -0.475 e. The molecule has 0 aliphatic heterocycles. The molecule has 7 nitrogen and oxygen atoms in total. The van der Waals surface area contributed by atoms with Gasteiger partial charge in [-0.3, -0.25) is 0 Å². The van der Waals surface area contributed by atoms with E-state index in [4.69, 9.17) is 19.4 Å². The zero-order valence-corrected chi connectivity index (χ0v) is 13.9. The van der Waals surface area contributed by atoms with Crippen molar-refractivity contribution in [2.24, 2.45) is 0 Å². The lowest BCUT2D eigenvalue weighted by atomic mass is 10.4. The average Bonchev–Trinajstić information content (AvgIpc) is 2.39. The molecule has 10 heteroatoms. The number of hydrogen-bond acceptors (Lipinski definition) is 6. The number of carbonyl (C=O) groups excluding carboxylic acids is 1. The summed E-state index contributed by atoms with van der Waals surface area (Å²) in [5.74, 6) is -2.76. The molecule has 0 aromatic rings. The van der Waals surface area contributed by atoms with Gasteiger partial charge in [-0.25, -0.2) is 9.59 Å².